The molecule has 0 saturated heterocycles. The lowest BCUT2D eigenvalue weighted by Crippen LogP contribution is -2.06. The van der Waals surface area contributed by atoms with Crippen LogP contribution in [0.1, 0.15) is 17.3 Å². The maximum atomic E-state index is 13.8. The van der Waals surface area contributed by atoms with E-state index < -0.39 is 11.8 Å². The number of carbonyl (C=O) groups is 1. The number of carbonyl (C=O) groups excluding carboxylic acids is 1. The Morgan fingerprint density at radius 3 is 2.81 bits per heavy atom. The largest absolute Gasteiger partial charge is 0.462 e. The minimum Gasteiger partial charge on any atom is -0.462 e. The lowest BCUT2D eigenvalue weighted by atomic mass is 10.1. The van der Waals surface area contributed by atoms with E-state index in [1.165, 1.54) is 12.1 Å². The molecule has 0 unspecified atom stereocenters. The highest BCUT2D eigenvalue weighted by Crippen LogP contribution is 2.31. The van der Waals surface area contributed by atoms with Gasteiger partial charge in [0.1, 0.15) is 5.82 Å². The maximum absolute atomic E-state index is 13.8. The van der Waals surface area contributed by atoms with Gasteiger partial charge in [-0.1, -0.05) is 6.07 Å². The molecule has 0 aliphatic carbocycles. The number of esters is 1. The maximum Gasteiger partial charge on any atom is 0.338 e. The summed E-state index contributed by atoms with van der Waals surface area (Å²) in [5.41, 5.74) is 7.30. The van der Waals surface area contributed by atoms with Crippen molar-refractivity contribution in [3.8, 4) is 0 Å². The van der Waals surface area contributed by atoms with Gasteiger partial charge in [0.2, 0.25) is 0 Å². The van der Waals surface area contributed by atoms with Gasteiger partial charge in [-0.05, 0) is 53.2 Å². The summed E-state index contributed by atoms with van der Waals surface area (Å²) < 4.78 is 19.3. The van der Waals surface area contributed by atoms with E-state index in [-0.39, 0.29) is 12.3 Å². The average Bonchev–Trinajstić information content (AvgIpc) is 2.45. The summed E-state index contributed by atoms with van der Waals surface area (Å²) in [5, 5.41) is 2.89. The number of halogens is 2. The Hall–Kier alpha value is -2.08. The number of nitrogen functional groups attached to an aromatic ring is 1. The lowest BCUT2D eigenvalue weighted by Gasteiger charge is -2.13. The second-order valence-corrected chi connectivity index (χ2v) is 5.10. The summed E-state index contributed by atoms with van der Waals surface area (Å²) in [6, 6.07) is 9.29. The van der Waals surface area contributed by atoms with Gasteiger partial charge in [-0.2, -0.15) is 0 Å². The predicted octanol–water partition coefficient (Wildman–Crippen LogP) is 4.09. The number of para-hydroxylation sites is 1. The highest BCUT2D eigenvalue weighted by atomic mass is 79.9. The van der Waals surface area contributed by atoms with Gasteiger partial charge >= 0.3 is 5.97 Å². The Morgan fingerprint density at radius 1 is 1.38 bits per heavy atom. The Balaban J connectivity index is 2.35. The molecule has 0 atom stereocenters. The Kier molecular flexibility index (Phi) is 4.80. The summed E-state index contributed by atoms with van der Waals surface area (Å²) in [7, 11) is 0. The second kappa shape index (κ2) is 6.58. The molecule has 0 fully saturated rings. The van der Waals surface area contributed by atoms with E-state index in [0.717, 1.165) is 0 Å². The van der Waals surface area contributed by atoms with Gasteiger partial charge in [0.05, 0.1) is 29.2 Å². The van der Waals surface area contributed by atoms with Crippen molar-refractivity contribution in [1.82, 2.24) is 0 Å². The van der Waals surface area contributed by atoms with E-state index in [1.54, 1.807) is 31.2 Å². The van der Waals surface area contributed by atoms with E-state index in [2.05, 4.69) is 21.2 Å². The van der Waals surface area contributed by atoms with Gasteiger partial charge in [-0.25, -0.2) is 9.18 Å². The molecule has 0 amide bonds. The standard InChI is InChI=1S/C15H14BrFN2O2/c1-2-21-15(20)9-6-7-12(18)13(8-9)19-14-10(16)4-3-5-11(14)17/h3-8,19H,2,18H2,1H3. The van der Waals surface area contributed by atoms with Crippen LogP contribution >= 0.6 is 15.9 Å². The van der Waals surface area contributed by atoms with Gasteiger partial charge < -0.3 is 15.8 Å². The first-order chi connectivity index (χ1) is 10.0. The molecule has 6 heteroatoms. The van der Waals surface area contributed by atoms with Crippen LogP contribution in [-0.2, 0) is 4.74 Å². The third-order valence-corrected chi connectivity index (χ3v) is 3.45. The fourth-order valence-corrected chi connectivity index (χ4v) is 2.20. The van der Waals surface area contributed by atoms with Crippen molar-refractivity contribution < 1.29 is 13.9 Å². The fraction of sp³-hybridized carbons (Fsp3) is 0.133. The van der Waals surface area contributed by atoms with Crippen LogP contribution in [0.15, 0.2) is 40.9 Å². The smallest absolute Gasteiger partial charge is 0.338 e. The molecule has 0 radical (unpaired) electrons. The molecular weight excluding hydrogens is 339 g/mol. The first-order valence-corrected chi connectivity index (χ1v) is 7.10. The van der Waals surface area contributed by atoms with Gasteiger partial charge in [-0.3, -0.25) is 0 Å². The topological polar surface area (TPSA) is 64.3 Å². The van der Waals surface area contributed by atoms with Crippen LogP contribution in [0.2, 0.25) is 0 Å². The molecule has 0 aromatic heterocycles. The van der Waals surface area contributed by atoms with Crippen LogP contribution in [0.25, 0.3) is 0 Å². The highest BCUT2D eigenvalue weighted by Gasteiger charge is 2.12. The number of hydrogen-bond donors (Lipinski definition) is 2. The van der Waals surface area contributed by atoms with Crippen LogP contribution in [-0.4, -0.2) is 12.6 Å². The van der Waals surface area contributed by atoms with Crippen molar-refractivity contribution in [3.05, 3.63) is 52.3 Å². The lowest BCUT2D eigenvalue weighted by molar-refractivity contribution is 0.0526. The van der Waals surface area contributed by atoms with E-state index in [4.69, 9.17) is 10.5 Å². The van der Waals surface area contributed by atoms with Gasteiger partial charge in [0, 0.05) is 4.47 Å². The number of ether oxygens (including phenoxy) is 1. The van der Waals surface area contributed by atoms with E-state index in [9.17, 15) is 9.18 Å². The van der Waals surface area contributed by atoms with E-state index in [0.29, 0.717) is 21.4 Å². The van der Waals surface area contributed by atoms with Crippen LogP contribution in [0, 0.1) is 5.82 Å². The van der Waals surface area contributed by atoms with Crippen molar-refractivity contribution >= 4 is 39.0 Å². The molecule has 2 aromatic rings. The summed E-state index contributed by atoms with van der Waals surface area (Å²) in [6.07, 6.45) is 0. The molecule has 4 nitrogen and oxygen atoms in total. The van der Waals surface area contributed by atoms with Gasteiger partial charge in [0.25, 0.3) is 0 Å². The number of anilines is 3. The number of benzene rings is 2. The molecule has 21 heavy (non-hydrogen) atoms. The molecule has 0 bridgehead atoms. The van der Waals surface area contributed by atoms with Crippen molar-refractivity contribution in [2.75, 3.05) is 17.7 Å². The Bertz CT molecular complexity index is 656. The van der Waals surface area contributed by atoms with Crippen molar-refractivity contribution in [3.63, 3.8) is 0 Å². The van der Waals surface area contributed by atoms with Gasteiger partial charge in [-0.15, -0.1) is 0 Å². The number of rotatable bonds is 4. The van der Waals surface area contributed by atoms with Crippen molar-refractivity contribution in [1.29, 1.82) is 0 Å². The van der Waals surface area contributed by atoms with Gasteiger partial charge in [0.15, 0.2) is 0 Å². The molecule has 0 aliphatic rings. The third kappa shape index (κ3) is 3.52. The quantitative estimate of drug-likeness (QED) is 0.642. The molecule has 110 valence electrons. The first-order valence-electron chi connectivity index (χ1n) is 6.30. The van der Waals surface area contributed by atoms with Crippen LogP contribution in [0.3, 0.4) is 0 Å². The van der Waals surface area contributed by atoms with Crippen LogP contribution in [0.5, 0.6) is 0 Å². The molecule has 3 N–H and O–H groups in total. The van der Waals surface area contributed by atoms with E-state index >= 15 is 0 Å². The molecule has 0 saturated carbocycles. The minimum absolute atomic E-state index is 0.255. The SMILES string of the molecule is CCOC(=O)c1ccc(N)c(Nc2c(F)cccc2Br)c1. The molecule has 0 spiro atoms. The van der Waals surface area contributed by atoms with Crippen molar-refractivity contribution in [2.24, 2.45) is 0 Å². The highest BCUT2D eigenvalue weighted by molar-refractivity contribution is 9.10. The third-order valence-electron chi connectivity index (χ3n) is 2.79. The zero-order chi connectivity index (χ0) is 15.4. The Morgan fingerprint density at radius 2 is 2.14 bits per heavy atom. The molecule has 2 aromatic carbocycles. The fourth-order valence-electron chi connectivity index (χ4n) is 1.76. The normalized spacial score (nSPS) is 10.2. The van der Waals surface area contributed by atoms with Crippen LogP contribution < -0.4 is 11.1 Å². The molecule has 0 aliphatic heterocycles. The summed E-state index contributed by atoms with van der Waals surface area (Å²) in [5.74, 6) is -0.876. The summed E-state index contributed by atoms with van der Waals surface area (Å²) >= 11 is 3.27. The van der Waals surface area contributed by atoms with E-state index in [1.807, 2.05) is 0 Å². The number of hydrogen-bond acceptors (Lipinski definition) is 4. The second-order valence-electron chi connectivity index (χ2n) is 4.24. The number of nitrogens with two attached hydrogens (primary N) is 1. The predicted molar refractivity (Wildman–Crippen MR) is 84.2 cm³/mol. The van der Waals surface area contributed by atoms with Crippen LogP contribution in [0.4, 0.5) is 21.5 Å². The number of nitrogens with one attached hydrogen (secondary N) is 1. The molecule has 2 rings (SSSR count). The first kappa shape index (κ1) is 15.3. The summed E-state index contributed by atoms with van der Waals surface area (Å²) in [6.45, 7) is 2.01. The zero-order valence-corrected chi connectivity index (χ0v) is 12.9. The minimum atomic E-state index is -0.451. The zero-order valence-electron chi connectivity index (χ0n) is 11.3. The molecule has 0 heterocycles. The van der Waals surface area contributed by atoms with Crippen molar-refractivity contribution in [2.45, 2.75) is 6.92 Å². The summed E-state index contributed by atoms with van der Waals surface area (Å²) in [4.78, 5) is 11.7. The molecular formula is C15H14BrFN2O2. The Labute approximate surface area is 130 Å². The monoisotopic (exact) mass is 352 g/mol. The average molecular weight is 353 g/mol.